The fraction of sp³-hybridized carbons (Fsp3) is 0.409. The van der Waals surface area contributed by atoms with Crippen LogP contribution in [0, 0.1) is 0 Å². The molecule has 2 aliphatic rings. The number of urea groups is 1. The summed E-state index contributed by atoms with van der Waals surface area (Å²) in [6, 6.07) is 11.5. The molecule has 178 valence electrons. The lowest BCUT2D eigenvalue weighted by Gasteiger charge is -2.44. The fourth-order valence-electron chi connectivity index (χ4n) is 3.88. The van der Waals surface area contributed by atoms with Crippen molar-refractivity contribution in [1.29, 1.82) is 0 Å². The van der Waals surface area contributed by atoms with Crippen LogP contribution in [-0.4, -0.2) is 43.8 Å². The number of carbonyl (C=O) groups excluding carboxylic acids is 1. The van der Waals surface area contributed by atoms with E-state index in [4.69, 9.17) is 21.1 Å². The second-order valence-corrected chi connectivity index (χ2v) is 8.40. The van der Waals surface area contributed by atoms with E-state index >= 15 is 0 Å². The molecule has 2 saturated heterocycles. The van der Waals surface area contributed by atoms with Crippen LogP contribution < -0.4 is 26.0 Å². The Hall–Kier alpha value is -2.53. The summed E-state index contributed by atoms with van der Waals surface area (Å²) >= 11 is 5.86. The molecule has 2 fully saturated rings. The summed E-state index contributed by atoms with van der Waals surface area (Å²) in [6.07, 6.45) is -5.74. The maximum Gasteiger partial charge on any atom is 0.421 e. The van der Waals surface area contributed by atoms with Crippen molar-refractivity contribution in [2.75, 3.05) is 18.5 Å². The molecule has 2 aromatic carbocycles. The molecule has 2 aromatic rings. The molecule has 2 amide bonds. The number of ether oxygens (including phenoxy) is 2. The zero-order valence-corrected chi connectivity index (χ0v) is 18.5. The minimum atomic E-state index is -4.59. The van der Waals surface area contributed by atoms with Crippen molar-refractivity contribution < 1.29 is 27.4 Å². The van der Waals surface area contributed by atoms with E-state index in [9.17, 15) is 18.0 Å². The molecule has 0 radical (unpaired) electrons. The predicted molar refractivity (Wildman–Crippen MR) is 117 cm³/mol. The van der Waals surface area contributed by atoms with E-state index in [0.717, 1.165) is 0 Å². The Kier molecular flexibility index (Phi) is 6.71. The number of carbonyl (C=O) groups is 1. The third-order valence-electron chi connectivity index (χ3n) is 5.68. The lowest BCUT2D eigenvalue weighted by Crippen LogP contribution is -2.67. The lowest BCUT2D eigenvalue weighted by molar-refractivity contribution is -0.334. The third kappa shape index (κ3) is 5.03. The largest absolute Gasteiger partial charge is 0.473 e. The van der Waals surface area contributed by atoms with E-state index in [1.165, 1.54) is 18.2 Å². The molecule has 33 heavy (non-hydrogen) atoms. The van der Waals surface area contributed by atoms with Gasteiger partial charge < -0.3 is 20.1 Å². The number of alkyl halides is 3. The Balaban J connectivity index is 1.51. The van der Waals surface area contributed by atoms with Crippen LogP contribution >= 0.6 is 11.6 Å². The number of nitrogens with one attached hydrogen (secondary N) is 4. The minimum absolute atomic E-state index is 0.0194. The lowest BCUT2D eigenvalue weighted by atomic mass is 9.85. The van der Waals surface area contributed by atoms with Gasteiger partial charge in [-0.25, -0.2) is 4.79 Å². The van der Waals surface area contributed by atoms with Crippen LogP contribution in [-0.2, 0) is 10.3 Å². The molecule has 4 atom stereocenters. The van der Waals surface area contributed by atoms with Gasteiger partial charge in [0.15, 0.2) is 11.8 Å². The molecule has 2 aliphatic heterocycles. The van der Waals surface area contributed by atoms with Crippen molar-refractivity contribution in [2.24, 2.45) is 0 Å². The number of anilines is 1. The molecule has 0 spiro atoms. The van der Waals surface area contributed by atoms with Gasteiger partial charge in [-0.15, -0.1) is 0 Å². The fourth-order valence-corrected chi connectivity index (χ4v) is 4.00. The second-order valence-electron chi connectivity index (χ2n) is 7.97. The average Bonchev–Trinajstić information content (AvgIpc) is 2.71. The number of amides is 2. The topological polar surface area (TPSA) is 83.7 Å². The van der Waals surface area contributed by atoms with Gasteiger partial charge in [-0.05, 0) is 37.3 Å². The molecule has 11 heteroatoms. The highest BCUT2D eigenvalue weighted by molar-refractivity contribution is 6.30. The number of rotatable bonds is 5. The van der Waals surface area contributed by atoms with Crippen molar-refractivity contribution >= 4 is 23.3 Å². The highest BCUT2D eigenvalue weighted by Gasteiger charge is 2.62. The van der Waals surface area contributed by atoms with Crippen molar-refractivity contribution in [2.45, 2.75) is 43.6 Å². The first-order valence-corrected chi connectivity index (χ1v) is 10.9. The maximum absolute atomic E-state index is 13.9. The Labute approximate surface area is 194 Å². The van der Waals surface area contributed by atoms with E-state index in [2.05, 4.69) is 21.3 Å². The standard InChI is InChI=1S/C22H24ClF3N4O3/c1-13-27-12-17(30-20(31)29-15-8-6-14(23)7-9-15)19(28-13)33-18-5-3-2-4-16(18)21(10-11-32-21)22(24,25)26/h2-9,13,17,19,27-28H,10-12H2,1H3,(H2,29,30,31)/t13?,17?,19?,21-/m1/s1. The van der Waals surface area contributed by atoms with E-state index in [1.807, 2.05) is 6.92 Å². The quantitative estimate of drug-likeness (QED) is 0.516. The number of halogens is 4. The smallest absolute Gasteiger partial charge is 0.421 e. The highest BCUT2D eigenvalue weighted by Crippen LogP contribution is 2.52. The van der Waals surface area contributed by atoms with E-state index in [1.54, 1.807) is 30.3 Å². The molecule has 3 unspecified atom stereocenters. The molecule has 4 N–H and O–H groups in total. The summed E-state index contributed by atoms with van der Waals surface area (Å²) in [5.74, 6) is 0.0473. The molecular formula is C22H24ClF3N4O3. The third-order valence-corrected chi connectivity index (χ3v) is 5.93. The molecule has 4 rings (SSSR count). The Morgan fingerprint density at radius 2 is 1.91 bits per heavy atom. The SMILES string of the molecule is CC1NCC(NC(=O)Nc2ccc(Cl)cc2)C(Oc2ccccc2[C@@]2(C(F)(F)F)CCO2)N1. The minimum Gasteiger partial charge on any atom is -0.473 e. The van der Waals surface area contributed by atoms with Gasteiger partial charge in [-0.2, -0.15) is 13.2 Å². The number of hydrogen-bond donors (Lipinski definition) is 4. The van der Waals surface area contributed by atoms with Gasteiger partial charge in [-0.3, -0.25) is 10.6 Å². The number of hydrogen-bond acceptors (Lipinski definition) is 5. The van der Waals surface area contributed by atoms with Crippen LogP contribution in [0.5, 0.6) is 5.75 Å². The molecular weight excluding hydrogens is 461 g/mol. The summed E-state index contributed by atoms with van der Waals surface area (Å²) in [7, 11) is 0. The predicted octanol–water partition coefficient (Wildman–Crippen LogP) is 3.95. The summed E-state index contributed by atoms with van der Waals surface area (Å²) in [5, 5.41) is 12.3. The van der Waals surface area contributed by atoms with Crippen LogP contribution in [0.1, 0.15) is 18.9 Å². The van der Waals surface area contributed by atoms with Crippen LogP contribution in [0.3, 0.4) is 0 Å². The first kappa shape index (κ1) is 23.6. The van der Waals surface area contributed by atoms with Gasteiger partial charge in [-0.1, -0.05) is 29.8 Å². The van der Waals surface area contributed by atoms with Crippen LogP contribution in [0.4, 0.5) is 23.7 Å². The molecule has 2 heterocycles. The first-order chi connectivity index (χ1) is 15.7. The molecule has 7 nitrogen and oxygen atoms in total. The van der Waals surface area contributed by atoms with E-state index < -0.39 is 30.1 Å². The van der Waals surface area contributed by atoms with Crippen molar-refractivity contribution in [1.82, 2.24) is 16.0 Å². The molecule has 0 bridgehead atoms. The van der Waals surface area contributed by atoms with Gasteiger partial charge in [0.1, 0.15) is 5.75 Å². The average molecular weight is 485 g/mol. The van der Waals surface area contributed by atoms with Gasteiger partial charge in [0.2, 0.25) is 0 Å². The summed E-state index contributed by atoms with van der Waals surface area (Å²) in [4.78, 5) is 12.5. The Bertz CT molecular complexity index is 986. The van der Waals surface area contributed by atoms with Crippen LogP contribution in [0.2, 0.25) is 5.02 Å². The van der Waals surface area contributed by atoms with Crippen LogP contribution in [0.15, 0.2) is 48.5 Å². The summed E-state index contributed by atoms with van der Waals surface area (Å²) < 4.78 is 52.7. The zero-order valence-electron chi connectivity index (χ0n) is 17.7. The number of benzene rings is 2. The summed E-state index contributed by atoms with van der Waals surface area (Å²) in [5.41, 5.74) is -1.93. The molecule has 0 saturated carbocycles. The Morgan fingerprint density at radius 1 is 1.21 bits per heavy atom. The van der Waals surface area contributed by atoms with Gasteiger partial charge >= 0.3 is 12.2 Å². The highest BCUT2D eigenvalue weighted by atomic mass is 35.5. The van der Waals surface area contributed by atoms with Crippen LogP contribution in [0.25, 0.3) is 0 Å². The normalized spacial score (nSPS) is 27.4. The van der Waals surface area contributed by atoms with Crippen molar-refractivity contribution in [3.8, 4) is 5.75 Å². The second kappa shape index (κ2) is 9.38. The van der Waals surface area contributed by atoms with E-state index in [0.29, 0.717) is 17.3 Å². The number of para-hydroxylation sites is 1. The molecule has 0 aliphatic carbocycles. The maximum atomic E-state index is 13.9. The zero-order chi connectivity index (χ0) is 23.6. The Morgan fingerprint density at radius 3 is 2.55 bits per heavy atom. The van der Waals surface area contributed by atoms with Gasteiger partial charge in [0.25, 0.3) is 0 Å². The summed E-state index contributed by atoms with van der Waals surface area (Å²) in [6.45, 7) is 2.21. The molecule has 0 aromatic heterocycles. The van der Waals surface area contributed by atoms with E-state index in [-0.39, 0.29) is 30.5 Å². The van der Waals surface area contributed by atoms with Crippen molar-refractivity contribution in [3.63, 3.8) is 0 Å². The first-order valence-electron chi connectivity index (χ1n) is 10.5. The van der Waals surface area contributed by atoms with Crippen molar-refractivity contribution in [3.05, 3.63) is 59.1 Å². The van der Waals surface area contributed by atoms with Gasteiger partial charge in [0, 0.05) is 29.2 Å². The monoisotopic (exact) mass is 484 g/mol. The van der Waals surface area contributed by atoms with Gasteiger partial charge in [0.05, 0.1) is 18.8 Å².